The van der Waals surface area contributed by atoms with E-state index in [1.54, 1.807) is 17.4 Å². The zero-order valence-corrected chi connectivity index (χ0v) is 10.6. The number of carbonyl (C=O) groups is 1. The van der Waals surface area contributed by atoms with E-state index in [1.165, 1.54) is 12.0 Å². The van der Waals surface area contributed by atoms with Crippen LogP contribution in [-0.4, -0.2) is 24.6 Å². The highest BCUT2D eigenvalue weighted by molar-refractivity contribution is 7.10. The van der Waals surface area contributed by atoms with Crippen LogP contribution < -0.4 is 0 Å². The van der Waals surface area contributed by atoms with E-state index in [0.29, 0.717) is 6.42 Å². The van der Waals surface area contributed by atoms with Crippen LogP contribution in [0.1, 0.15) is 17.3 Å². The molecule has 1 atom stereocenters. The van der Waals surface area contributed by atoms with Crippen molar-refractivity contribution in [2.75, 3.05) is 13.7 Å². The summed E-state index contributed by atoms with van der Waals surface area (Å²) in [5, 5.41) is 1.97. The van der Waals surface area contributed by atoms with Crippen LogP contribution in [0.3, 0.4) is 0 Å². The minimum absolute atomic E-state index is 0.101. The average Bonchev–Trinajstić information content (AvgIpc) is 2.86. The molecule has 3 nitrogen and oxygen atoms in total. The van der Waals surface area contributed by atoms with Gasteiger partial charge in [-0.25, -0.2) is 4.79 Å². The molecule has 1 unspecified atom stereocenters. The van der Waals surface area contributed by atoms with Crippen molar-refractivity contribution in [3.05, 3.63) is 35.0 Å². The molecule has 1 aromatic heterocycles. The SMILES string of the molecule is C#CCN(C(=O)OC)C(CC=C)c1cccs1. The molecule has 1 heterocycles. The molecular weight excluding hydrogens is 234 g/mol. The maximum atomic E-state index is 11.7. The van der Waals surface area contributed by atoms with Crippen LogP contribution in [0.5, 0.6) is 0 Å². The second-order valence-electron chi connectivity index (χ2n) is 3.36. The number of terminal acetylenes is 1. The van der Waals surface area contributed by atoms with Crippen molar-refractivity contribution in [2.45, 2.75) is 12.5 Å². The zero-order valence-electron chi connectivity index (χ0n) is 9.76. The lowest BCUT2D eigenvalue weighted by Gasteiger charge is -2.27. The zero-order chi connectivity index (χ0) is 12.7. The molecule has 0 bridgehead atoms. The van der Waals surface area contributed by atoms with E-state index in [4.69, 9.17) is 11.2 Å². The highest BCUT2D eigenvalue weighted by Gasteiger charge is 2.24. The van der Waals surface area contributed by atoms with Crippen LogP contribution in [0.2, 0.25) is 0 Å². The summed E-state index contributed by atoms with van der Waals surface area (Å²) < 4.78 is 4.75. The standard InChI is InChI=1S/C13H15NO2S/c1-4-7-11(12-8-6-10-17-12)14(9-5-2)13(15)16-3/h2,4,6,8,10-11H,1,7,9H2,3H3. The highest BCUT2D eigenvalue weighted by Crippen LogP contribution is 2.28. The highest BCUT2D eigenvalue weighted by atomic mass is 32.1. The topological polar surface area (TPSA) is 29.5 Å². The van der Waals surface area contributed by atoms with Gasteiger partial charge in [-0.3, -0.25) is 4.90 Å². The van der Waals surface area contributed by atoms with Gasteiger partial charge >= 0.3 is 6.09 Å². The Kier molecular flexibility index (Phi) is 5.31. The Hall–Kier alpha value is -1.73. The summed E-state index contributed by atoms with van der Waals surface area (Å²) in [6.07, 6.45) is 7.30. The Morgan fingerprint density at radius 3 is 3.06 bits per heavy atom. The molecule has 0 aliphatic rings. The van der Waals surface area contributed by atoms with Gasteiger partial charge in [0, 0.05) is 4.88 Å². The monoisotopic (exact) mass is 249 g/mol. The number of nitrogens with zero attached hydrogens (tertiary/aromatic N) is 1. The fourth-order valence-corrected chi connectivity index (χ4v) is 2.41. The maximum absolute atomic E-state index is 11.7. The molecule has 1 amide bonds. The van der Waals surface area contributed by atoms with Crippen LogP contribution >= 0.6 is 11.3 Å². The third kappa shape index (κ3) is 3.36. The number of thiophene rings is 1. The first-order valence-electron chi connectivity index (χ1n) is 5.17. The Bertz CT molecular complexity index is 406. The first-order valence-corrected chi connectivity index (χ1v) is 6.04. The number of carbonyl (C=O) groups excluding carboxylic acids is 1. The maximum Gasteiger partial charge on any atom is 0.410 e. The van der Waals surface area contributed by atoms with E-state index in [1.807, 2.05) is 17.5 Å². The van der Waals surface area contributed by atoms with E-state index in [9.17, 15) is 4.79 Å². The van der Waals surface area contributed by atoms with E-state index >= 15 is 0 Å². The summed E-state index contributed by atoms with van der Waals surface area (Å²) in [6.45, 7) is 3.94. The van der Waals surface area contributed by atoms with Gasteiger partial charge in [-0.15, -0.1) is 24.3 Å². The van der Waals surface area contributed by atoms with Crippen molar-refractivity contribution in [3.63, 3.8) is 0 Å². The van der Waals surface area contributed by atoms with E-state index in [0.717, 1.165) is 4.88 Å². The molecule has 0 saturated heterocycles. The molecule has 1 aromatic rings. The van der Waals surface area contributed by atoms with Gasteiger partial charge in [0.2, 0.25) is 0 Å². The first kappa shape index (κ1) is 13.3. The van der Waals surface area contributed by atoms with Gasteiger partial charge in [0.1, 0.15) is 0 Å². The van der Waals surface area contributed by atoms with Gasteiger partial charge in [-0.2, -0.15) is 0 Å². The second kappa shape index (κ2) is 6.77. The minimum atomic E-state index is -0.414. The molecule has 0 aromatic carbocycles. The molecule has 0 aliphatic heterocycles. The number of amides is 1. The Morgan fingerprint density at radius 2 is 2.59 bits per heavy atom. The summed E-state index contributed by atoms with van der Waals surface area (Å²) >= 11 is 1.59. The molecular formula is C13H15NO2S. The number of methoxy groups -OCH3 is 1. The van der Waals surface area contributed by atoms with Gasteiger partial charge in [0.15, 0.2) is 0 Å². The molecule has 0 saturated carbocycles. The molecule has 0 spiro atoms. The molecule has 0 N–H and O–H groups in total. The minimum Gasteiger partial charge on any atom is -0.453 e. The van der Waals surface area contributed by atoms with Gasteiger partial charge in [-0.05, 0) is 17.9 Å². The molecule has 0 aliphatic carbocycles. The largest absolute Gasteiger partial charge is 0.453 e. The van der Waals surface area contributed by atoms with Crippen LogP contribution in [0.4, 0.5) is 4.79 Å². The summed E-state index contributed by atoms with van der Waals surface area (Å²) in [5.74, 6) is 2.48. The first-order chi connectivity index (χ1) is 8.24. The number of ether oxygens (including phenoxy) is 1. The van der Waals surface area contributed by atoms with Gasteiger partial charge < -0.3 is 4.74 Å². The number of rotatable bonds is 5. The lowest BCUT2D eigenvalue weighted by Crippen LogP contribution is -2.34. The number of hydrogen-bond donors (Lipinski definition) is 0. The van der Waals surface area contributed by atoms with Crippen molar-refractivity contribution in [1.82, 2.24) is 4.90 Å². The average molecular weight is 249 g/mol. The second-order valence-corrected chi connectivity index (χ2v) is 4.34. The van der Waals surface area contributed by atoms with Crippen LogP contribution in [-0.2, 0) is 4.74 Å². The summed E-state index contributed by atoms with van der Waals surface area (Å²) in [6, 6.07) is 3.82. The van der Waals surface area contributed by atoms with Crippen molar-refractivity contribution in [1.29, 1.82) is 0 Å². The molecule has 0 radical (unpaired) electrons. The van der Waals surface area contributed by atoms with Crippen molar-refractivity contribution < 1.29 is 9.53 Å². The molecule has 1 rings (SSSR count). The third-order valence-corrected chi connectivity index (χ3v) is 3.28. The van der Waals surface area contributed by atoms with Gasteiger partial charge in [0.05, 0.1) is 19.7 Å². The molecule has 17 heavy (non-hydrogen) atoms. The Balaban J connectivity index is 2.97. The number of hydrogen-bond acceptors (Lipinski definition) is 3. The van der Waals surface area contributed by atoms with Gasteiger partial charge in [0.25, 0.3) is 0 Å². The van der Waals surface area contributed by atoms with Crippen LogP contribution in [0.15, 0.2) is 30.2 Å². The predicted octanol–water partition coefficient (Wildman–Crippen LogP) is 3.07. The summed E-state index contributed by atoms with van der Waals surface area (Å²) in [4.78, 5) is 14.3. The Morgan fingerprint density at radius 1 is 1.82 bits per heavy atom. The fraction of sp³-hybridized carbons (Fsp3) is 0.308. The van der Waals surface area contributed by atoms with E-state index in [-0.39, 0.29) is 12.6 Å². The third-order valence-electron chi connectivity index (χ3n) is 2.31. The molecule has 4 heteroatoms. The fourth-order valence-electron chi connectivity index (χ4n) is 1.55. The molecule has 0 fully saturated rings. The molecule has 90 valence electrons. The van der Waals surface area contributed by atoms with E-state index in [2.05, 4.69) is 12.5 Å². The summed E-state index contributed by atoms with van der Waals surface area (Å²) in [5.41, 5.74) is 0. The lowest BCUT2D eigenvalue weighted by atomic mass is 10.1. The van der Waals surface area contributed by atoms with Crippen molar-refractivity contribution in [3.8, 4) is 12.3 Å². The normalized spacial score (nSPS) is 11.3. The van der Waals surface area contributed by atoms with Gasteiger partial charge in [-0.1, -0.05) is 18.1 Å². The predicted molar refractivity (Wildman–Crippen MR) is 69.8 cm³/mol. The lowest BCUT2D eigenvalue weighted by molar-refractivity contribution is 0.112. The van der Waals surface area contributed by atoms with Crippen LogP contribution in [0, 0.1) is 12.3 Å². The van der Waals surface area contributed by atoms with Crippen molar-refractivity contribution >= 4 is 17.4 Å². The van der Waals surface area contributed by atoms with E-state index < -0.39 is 6.09 Å². The smallest absolute Gasteiger partial charge is 0.410 e. The van der Waals surface area contributed by atoms with Crippen molar-refractivity contribution in [2.24, 2.45) is 0 Å². The Labute approximate surface area is 106 Å². The quantitative estimate of drug-likeness (QED) is 0.593. The summed E-state index contributed by atoms with van der Waals surface area (Å²) in [7, 11) is 1.35. The van der Waals surface area contributed by atoms with Crippen LogP contribution in [0.25, 0.3) is 0 Å².